The van der Waals surface area contributed by atoms with Gasteiger partial charge in [-0.3, -0.25) is 14.7 Å². The second kappa shape index (κ2) is 5.51. The van der Waals surface area contributed by atoms with Crippen LogP contribution >= 0.6 is 0 Å². The van der Waals surface area contributed by atoms with E-state index in [1.807, 2.05) is 38.7 Å². The van der Waals surface area contributed by atoms with Gasteiger partial charge in [0.2, 0.25) is 5.91 Å². The quantitative estimate of drug-likeness (QED) is 0.875. The van der Waals surface area contributed by atoms with Crippen molar-refractivity contribution in [2.24, 2.45) is 5.41 Å². The molecule has 0 spiro atoms. The summed E-state index contributed by atoms with van der Waals surface area (Å²) >= 11 is 0. The number of hydrogen-bond donors (Lipinski definition) is 1. The molecule has 6 heteroatoms. The molecule has 0 aromatic carbocycles. The van der Waals surface area contributed by atoms with Crippen LogP contribution in [0.1, 0.15) is 50.9 Å². The van der Waals surface area contributed by atoms with Gasteiger partial charge in [-0.05, 0) is 19.8 Å². The van der Waals surface area contributed by atoms with Crippen LogP contribution in [-0.2, 0) is 4.79 Å². The van der Waals surface area contributed by atoms with Crippen molar-refractivity contribution in [3.63, 3.8) is 0 Å². The van der Waals surface area contributed by atoms with Gasteiger partial charge in [0.05, 0.1) is 0 Å². The predicted octanol–water partition coefficient (Wildman–Crippen LogP) is 2.08. The Kier molecular flexibility index (Phi) is 3.78. The fourth-order valence-corrected chi connectivity index (χ4v) is 3.21. The van der Waals surface area contributed by atoms with Gasteiger partial charge in [0, 0.05) is 47.9 Å². The van der Waals surface area contributed by atoms with Gasteiger partial charge in [-0.2, -0.15) is 0 Å². The summed E-state index contributed by atoms with van der Waals surface area (Å²) < 4.78 is 1.50. The lowest BCUT2D eigenvalue weighted by molar-refractivity contribution is -0.140. The van der Waals surface area contributed by atoms with Crippen molar-refractivity contribution in [3.05, 3.63) is 33.9 Å². The zero-order valence-corrected chi connectivity index (χ0v) is 14.2. The minimum Gasteiger partial charge on any atom is -0.342 e. The van der Waals surface area contributed by atoms with Gasteiger partial charge in [-0.1, -0.05) is 20.8 Å². The number of aryl methyl sites for hydroxylation is 1. The van der Waals surface area contributed by atoms with E-state index in [0.29, 0.717) is 11.6 Å². The highest BCUT2D eigenvalue weighted by Crippen LogP contribution is 2.29. The number of rotatable bonds is 1. The molecule has 124 valence electrons. The maximum absolute atomic E-state index is 12.3. The van der Waals surface area contributed by atoms with E-state index in [1.54, 1.807) is 0 Å². The van der Waals surface area contributed by atoms with Gasteiger partial charge in [0.1, 0.15) is 0 Å². The van der Waals surface area contributed by atoms with Crippen LogP contribution in [0, 0.1) is 12.3 Å². The maximum atomic E-state index is 12.3. The monoisotopic (exact) mass is 316 g/mol. The van der Waals surface area contributed by atoms with Crippen molar-refractivity contribution in [1.82, 2.24) is 19.5 Å². The summed E-state index contributed by atoms with van der Waals surface area (Å²) in [5, 5.41) is 3.17. The van der Waals surface area contributed by atoms with E-state index in [-0.39, 0.29) is 16.9 Å². The third kappa shape index (κ3) is 3.02. The van der Waals surface area contributed by atoms with E-state index < -0.39 is 0 Å². The van der Waals surface area contributed by atoms with Crippen LogP contribution in [0.4, 0.5) is 0 Å². The van der Waals surface area contributed by atoms with Gasteiger partial charge < -0.3 is 4.90 Å². The average Bonchev–Trinajstić information content (AvgIpc) is 2.90. The molecule has 23 heavy (non-hydrogen) atoms. The lowest BCUT2D eigenvalue weighted by Gasteiger charge is -2.35. The fraction of sp³-hybridized carbons (Fsp3) is 0.588. The SMILES string of the molecule is Cc1cc(=O)n2[nH]c(C3CCN(C(=O)C(C)(C)C)CC3)cc2n1. The van der Waals surface area contributed by atoms with Gasteiger partial charge in [-0.25, -0.2) is 9.50 Å². The predicted molar refractivity (Wildman–Crippen MR) is 88.6 cm³/mol. The number of carbonyl (C=O) groups is 1. The smallest absolute Gasteiger partial charge is 0.272 e. The normalized spacial score (nSPS) is 17.0. The molecule has 0 unspecified atom stereocenters. The zero-order chi connectivity index (χ0) is 16.8. The number of piperidine rings is 1. The van der Waals surface area contributed by atoms with Gasteiger partial charge in [0.15, 0.2) is 5.65 Å². The van der Waals surface area contributed by atoms with E-state index in [4.69, 9.17) is 0 Å². The molecule has 2 aromatic rings. The number of aromatic nitrogens is 3. The van der Waals surface area contributed by atoms with Crippen LogP contribution in [0.25, 0.3) is 5.65 Å². The van der Waals surface area contributed by atoms with E-state index in [0.717, 1.165) is 37.3 Å². The molecule has 0 aliphatic carbocycles. The second-order valence-electron chi connectivity index (χ2n) is 7.46. The molecule has 0 bridgehead atoms. The molecular weight excluding hydrogens is 292 g/mol. The molecule has 1 saturated heterocycles. The first-order valence-electron chi connectivity index (χ1n) is 8.14. The summed E-state index contributed by atoms with van der Waals surface area (Å²) in [6.45, 7) is 9.22. The number of fused-ring (bicyclic) bond motifs is 1. The summed E-state index contributed by atoms with van der Waals surface area (Å²) in [6, 6.07) is 3.48. The van der Waals surface area contributed by atoms with E-state index in [2.05, 4.69) is 10.1 Å². The minimum absolute atomic E-state index is 0.0842. The molecule has 1 amide bonds. The molecular formula is C17H24N4O2. The molecule has 0 atom stereocenters. The number of amides is 1. The Labute approximate surface area is 135 Å². The van der Waals surface area contributed by atoms with Crippen LogP contribution < -0.4 is 5.56 Å². The maximum Gasteiger partial charge on any atom is 0.272 e. The van der Waals surface area contributed by atoms with Crippen molar-refractivity contribution in [3.8, 4) is 0 Å². The van der Waals surface area contributed by atoms with Crippen molar-refractivity contribution in [2.75, 3.05) is 13.1 Å². The first-order valence-corrected chi connectivity index (χ1v) is 8.14. The number of carbonyl (C=O) groups excluding carboxylic acids is 1. The van der Waals surface area contributed by atoms with Crippen molar-refractivity contribution in [2.45, 2.75) is 46.5 Å². The standard InChI is InChI=1S/C17H24N4O2/c1-11-9-15(22)21-14(18-11)10-13(19-21)12-5-7-20(8-6-12)16(23)17(2,3)4/h9-10,12,19H,5-8H2,1-4H3. The lowest BCUT2D eigenvalue weighted by atomic mass is 9.90. The summed E-state index contributed by atoms with van der Waals surface area (Å²) in [5.74, 6) is 0.543. The summed E-state index contributed by atoms with van der Waals surface area (Å²) in [5.41, 5.74) is 2.01. The largest absolute Gasteiger partial charge is 0.342 e. The Bertz CT molecular complexity index is 789. The van der Waals surface area contributed by atoms with E-state index in [9.17, 15) is 9.59 Å². The number of nitrogens with zero attached hydrogens (tertiary/aromatic N) is 3. The van der Waals surface area contributed by atoms with Crippen LogP contribution in [0.2, 0.25) is 0 Å². The number of nitrogens with one attached hydrogen (secondary N) is 1. The molecule has 0 radical (unpaired) electrons. The number of hydrogen-bond acceptors (Lipinski definition) is 3. The molecule has 0 saturated carbocycles. The third-order valence-corrected chi connectivity index (χ3v) is 4.46. The summed E-state index contributed by atoms with van der Waals surface area (Å²) in [4.78, 5) is 30.7. The fourth-order valence-electron chi connectivity index (χ4n) is 3.21. The van der Waals surface area contributed by atoms with Gasteiger partial charge in [-0.15, -0.1) is 0 Å². The summed E-state index contributed by atoms with van der Waals surface area (Å²) in [6.07, 6.45) is 1.81. The highest BCUT2D eigenvalue weighted by Gasteiger charge is 2.31. The highest BCUT2D eigenvalue weighted by molar-refractivity contribution is 5.81. The lowest BCUT2D eigenvalue weighted by Crippen LogP contribution is -2.43. The summed E-state index contributed by atoms with van der Waals surface area (Å²) in [7, 11) is 0. The minimum atomic E-state index is -0.331. The molecule has 2 aromatic heterocycles. The first-order chi connectivity index (χ1) is 10.8. The highest BCUT2D eigenvalue weighted by atomic mass is 16.2. The van der Waals surface area contributed by atoms with E-state index >= 15 is 0 Å². The Morgan fingerprint density at radius 2 is 1.91 bits per heavy atom. The average molecular weight is 316 g/mol. The Morgan fingerprint density at radius 1 is 1.26 bits per heavy atom. The van der Waals surface area contributed by atoms with Gasteiger partial charge >= 0.3 is 0 Å². The number of aromatic amines is 1. The molecule has 1 N–H and O–H groups in total. The Morgan fingerprint density at radius 3 is 2.52 bits per heavy atom. The Hall–Kier alpha value is -2.11. The molecule has 1 aliphatic rings. The van der Waals surface area contributed by atoms with Crippen LogP contribution in [-0.4, -0.2) is 38.5 Å². The van der Waals surface area contributed by atoms with Crippen molar-refractivity contribution in [1.29, 1.82) is 0 Å². The topological polar surface area (TPSA) is 70.5 Å². The molecule has 1 aliphatic heterocycles. The van der Waals surface area contributed by atoms with Gasteiger partial charge in [0.25, 0.3) is 5.56 Å². The van der Waals surface area contributed by atoms with Crippen LogP contribution in [0.15, 0.2) is 16.9 Å². The second-order valence-corrected chi connectivity index (χ2v) is 7.46. The first kappa shape index (κ1) is 15.8. The van der Waals surface area contributed by atoms with E-state index in [1.165, 1.54) is 10.6 Å². The number of likely N-dealkylation sites (tertiary alicyclic amines) is 1. The third-order valence-electron chi connectivity index (χ3n) is 4.46. The van der Waals surface area contributed by atoms with Crippen molar-refractivity contribution < 1.29 is 4.79 Å². The van der Waals surface area contributed by atoms with Crippen LogP contribution in [0.3, 0.4) is 0 Å². The molecule has 1 fully saturated rings. The van der Waals surface area contributed by atoms with Crippen molar-refractivity contribution >= 4 is 11.6 Å². The molecule has 6 nitrogen and oxygen atoms in total. The molecule has 3 heterocycles. The Balaban J connectivity index is 1.77. The number of H-pyrrole nitrogens is 1. The molecule has 3 rings (SSSR count). The van der Waals surface area contributed by atoms with Crippen LogP contribution in [0.5, 0.6) is 0 Å². The zero-order valence-electron chi connectivity index (χ0n) is 14.2.